The van der Waals surface area contributed by atoms with E-state index >= 15 is 0 Å². The lowest BCUT2D eigenvalue weighted by atomic mass is 10.0. The van der Waals surface area contributed by atoms with Gasteiger partial charge in [0.25, 0.3) is 0 Å². The lowest BCUT2D eigenvalue weighted by molar-refractivity contribution is 0.0399. The second kappa shape index (κ2) is 3.77. The van der Waals surface area contributed by atoms with Crippen LogP contribution in [-0.4, -0.2) is 18.7 Å². The second-order valence-electron chi connectivity index (χ2n) is 4.51. The second-order valence-corrected chi connectivity index (χ2v) is 4.51. The Morgan fingerprint density at radius 3 is 2.79 bits per heavy atom. The third kappa shape index (κ3) is 2.01. The standard InChI is InChI=1S/C12H19NO/c1-10-5-3-4-6-11(10)14-12(2)7-8-13-9-12/h5-6,13H,3-4,7-9H2,1-2H3/t12-/m0/s1. The van der Waals surface area contributed by atoms with Crippen LogP contribution in [-0.2, 0) is 4.74 Å². The Labute approximate surface area is 86.0 Å². The molecule has 14 heavy (non-hydrogen) atoms. The van der Waals surface area contributed by atoms with E-state index in [9.17, 15) is 0 Å². The maximum atomic E-state index is 6.08. The molecule has 1 saturated heterocycles. The van der Waals surface area contributed by atoms with Gasteiger partial charge in [-0.05, 0) is 44.9 Å². The molecule has 2 rings (SSSR count). The molecule has 1 heterocycles. The fourth-order valence-corrected chi connectivity index (χ4v) is 2.04. The van der Waals surface area contributed by atoms with Crippen molar-refractivity contribution >= 4 is 0 Å². The Hall–Kier alpha value is -0.760. The number of allylic oxidation sites excluding steroid dienone is 3. The minimum Gasteiger partial charge on any atom is -0.486 e. The largest absolute Gasteiger partial charge is 0.486 e. The molecule has 0 aromatic heterocycles. The molecule has 78 valence electrons. The summed E-state index contributed by atoms with van der Waals surface area (Å²) in [7, 11) is 0. The van der Waals surface area contributed by atoms with Gasteiger partial charge in [-0.15, -0.1) is 0 Å². The molecular weight excluding hydrogens is 174 g/mol. The first-order chi connectivity index (χ1) is 6.70. The van der Waals surface area contributed by atoms with E-state index in [1.54, 1.807) is 0 Å². The molecule has 0 amide bonds. The molecule has 0 aromatic rings. The van der Waals surface area contributed by atoms with Crippen LogP contribution >= 0.6 is 0 Å². The number of ether oxygens (including phenoxy) is 1. The molecule has 1 fully saturated rings. The molecule has 0 saturated carbocycles. The number of hydrogen-bond donors (Lipinski definition) is 1. The highest BCUT2D eigenvalue weighted by Gasteiger charge is 2.31. The van der Waals surface area contributed by atoms with Crippen LogP contribution in [0.5, 0.6) is 0 Å². The molecule has 0 aromatic carbocycles. The zero-order chi connectivity index (χ0) is 10.0. The number of hydrogen-bond acceptors (Lipinski definition) is 2. The molecule has 1 aliphatic carbocycles. The van der Waals surface area contributed by atoms with Gasteiger partial charge in [0.2, 0.25) is 0 Å². The van der Waals surface area contributed by atoms with E-state index in [0.717, 1.165) is 38.1 Å². The topological polar surface area (TPSA) is 21.3 Å². The van der Waals surface area contributed by atoms with Crippen LogP contribution < -0.4 is 5.32 Å². The van der Waals surface area contributed by atoms with Gasteiger partial charge >= 0.3 is 0 Å². The summed E-state index contributed by atoms with van der Waals surface area (Å²) in [5.41, 5.74) is 1.31. The molecular formula is C12H19NO. The van der Waals surface area contributed by atoms with E-state index in [0.29, 0.717) is 0 Å². The third-order valence-corrected chi connectivity index (χ3v) is 3.02. The minimum atomic E-state index is 0.0122. The summed E-state index contributed by atoms with van der Waals surface area (Å²) in [5.74, 6) is 1.10. The van der Waals surface area contributed by atoms with Crippen LogP contribution in [0.15, 0.2) is 23.5 Å². The first-order valence-electron chi connectivity index (χ1n) is 5.47. The molecule has 1 atom stereocenters. The van der Waals surface area contributed by atoms with Gasteiger partial charge < -0.3 is 10.1 Å². The van der Waals surface area contributed by atoms with Gasteiger partial charge in [0.1, 0.15) is 11.4 Å². The first kappa shape index (κ1) is 9.78. The fraction of sp³-hybridized carbons (Fsp3) is 0.667. The molecule has 2 heteroatoms. The molecule has 1 aliphatic heterocycles. The van der Waals surface area contributed by atoms with Gasteiger partial charge in [-0.1, -0.05) is 6.08 Å². The van der Waals surface area contributed by atoms with Crippen molar-refractivity contribution in [1.82, 2.24) is 5.32 Å². The Balaban J connectivity index is 2.03. The van der Waals surface area contributed by atoms with Crippen molar-refractivity contribution in [3.05, 3.63) is 23.5 Å². The van der Waals surface area contributed by atoms with Crippen molar-refractivity contribution < 1.29 is 4.74 Å². The zero-order valence-electron chi connectivity index (χ0n) is 9.10. The molecule has 0 radical (unpaired) electrons. The fourth-order valence-electron chi connectivity index (χ4n) is 2.04. The number of rotatable bonds is 2. The highest BCUT2D eigenvalue weighted by molar-refractivity contribution is 5.27. The van der Waals surface area contributed by atoms with Crippen molar-refractivity contribution in [2.45, 2.75) is 38.7 Å². The van der Waals surface area contributed by atoms with Gasteiger partial charge in [-0.25, -0.2) is 0 Å². The summed E-state index contributed by atoms with van der Waals surface area (Å²) in [4.78, 5) is 0. The summed E-state index contributed by atoms with van der Waals surface area (Å²) in [6, 6.07) is 0. The van der Waals surface area contributed by atoms with Gasteiger partial charge in [-0.2, -0.15) is 0 Å². The Bertz CT molecular complexity index is 272. The monoisotopic (exact) mass is 193 g/mol. The van der Waals surface area contributed by atoms with Crippen LogP contribution in [0.25, 0.3) is 0 Å². The van der Waals surface area contributed by atoms with Crippen molar-refractivity contribution in [2.75, 3.05) is 13.1 Å². The predicted octanol–water partition coefficient (Wildman–Crippen LogP) is 2.38. The van der Waals surface area contributed by atoms with Crippen LogP contribution in [0.3, 0.4) is 0 Å². The van der Waals surface area contributed by atoms with E-state index in [4.69, 9.17) is 4.74 Å². The quantitative estimate of drug-likeness (QED) is 0.727. The van der Waals surface area contributed by atoms with Crippen molar-refractivity contribution in [3.63, 3.8) is 0 Å². The van der Waals surface area contributed by atoms with Gasteiger partial charge in [0.15, 0.2) is 0 Å². The van der Waals surface area contributed by atoms with Gasteiger partial charge in [0, 0.05) is 13.0 Å². The third-order valence-electron chi connectivity index (χ3n) is 3.02. The molecule has 0 spiro atoms. The maximum Gasteiger partial charge on any atom is 0.120 e. The highest BCUT2D eigenvalue weighted by atomic mass is 16.5. The van der Waals surface area contributed by atoms with Crippen LogP contribution in [0.2, 0.25) is 0 Å². The summed E-state index contributed by atoms with van der Waals surface area (Å²) >= 11 is 0. The summed E-state index contributed by atoms with van der Waals surface area (Å²) in [5, 5.41) is 3.35. The van der Waals surface area contributed by atoms with E-state index < -0.39 is 0 Å². The van der Waals surface area contributed by atoms with Crippen LogP contribution in [0, 0.1) is 0 Å². The predicted molar refractivity (Wildman–Crippen MR) is 58.1 cm³/mol. The molecule has 1 N–H and O–H groups in total. The summed E-state index contributed by atoms with van der Waals surface area (Å²) in [6.45, 7) is 6.37. The Kier molecular flexibility index (Phi) is 2.64. The lowest BCUT2D eigenvalue weighted by Gasteiger charge is -2.28. The summed E-state index contributed by atoms with van der Waals surface area (Å²) < 4.78 is 6.08. The van der Waals surface area contributed by atoms with E-state index in [2.05, 4.69) is 31.3 Å². The minimum absolute atomic E-state index is 0.0122. The average molecular weight is 193 g/mol. The highest BCUT2D eigenvalue weighted by Crippen LogP contribution is 2.28. The Morgan fingerprint density at radius 1 is 1.36 bits per heavy atom. The first-order valence-corrected chi connectivity index (χ1v) is 5.47. The zero-order valence-corrected chi connectivity index (χ0v) is 9.10. The van der Waals surface area contributed by atoms with Crippen molar-refractivity contribution in [1.29, 1.82) is 0 Å². The average Bonchev–Trinajstić information content (AvgIpc) is 2.57. The van der Waals surface area contributed by atoms with E-state index in [1.165, 1.54) is 5.57 Å². The van der Waals surface area contributed by atoms with Crippen molar-refractivity contribution in [2.24, 2.45) is 0 Å². The lowest BCUT2D eigenvalue weighted by Crippen LogP contribution is -2.31. The normalized spacial score (nSPS) is 32.4. The van der Waals surface area contributed by atoms with Crippen LogP contribution in [0.4, 0.5) is 0 Å². The number of nitrogens with one attached hydrogen (secondary N) is 1. The smallest absolute Gasteiger partial charge is 0.120 e. The maximum absolute atomic E-state index is 6.08. The van der Waals surface area contributed by atoms with Gasteiger partial charge in [-0.3, -0.25) is 0 Å². The molecule has 0 bridgehead atoms. The van der Waals surface area contributed by atoms with E-state index in [1.807, 2.05) is 0 Å². The van der Waals surface area contributed by atoms with Gasteiger partial charge in [0.05, 0.1) is 0 Å². The molecule has 2 aliphatic rings. The summed E-state index contributed by atoms with van der Waals surface area (Å²) in [6.07, 6.45) is 7.88. The Morgan fingerprint density at radius 2 is 2.14 bits per heavy atom. The SMILES string of the molecule is CC1=CCCC=C1O[C@@]1(C)CCNC1. The van der Waals surface area contributed by atoms with Crippen molar-refractivity contribution in [3.8, 4) is 0 Å². The van der Waals surface area contributed by atoms with E-state index in [-0.39, 0.29) is 5.60 Å². The molecule has 0 unspecified atom stereocenters. The van der Waals surface area contributed by atoms with Crippen LogP contribution in [0.1, 0.15) is 33.1 Å². The molecule has 2 nitrogen and oxygen atoms in total.